The number of aliphatic hydroxyl groups excluding tert-OH is 2. The van der Waals surface area contributed by atoms with Gasteiger partial charge in [-0.3, -0.25) is 0 Å². The maximum atomic E-state index is 9.74. The SMILES string of the molecule is OCc1cc(C2CCCC2)cc(CO)c1O. The second-order valence-corrected chi connectivity index (χ2v) is 4.49. The highest BCUT2D eigenvalue weighted by atomic mass is 16.3. The minimum atomic E-state index is -0.181. The van der Waals surface area contributed by atoms with Gasteiger partial charge in [0, 0.05) is 11.1 Å². The highest BCUT2D eigenvalue weighted by Gasteiger charge is 2.19. The van der Waals surface area contributed by atoms with Crippen LogP contribution in [0.1, 0.15) is 48.3 Å². The summed E-state index contributed by atoms with van der Waals surface area (Å²) in [5.41, 5.74) is 2.19. The molecular weight excluding hydrogens is 204 g/mol. The third-order valence-electron chi connectivity index (χ3n) is 3.46. The number of hydrogen-bond acceptors (Lipinski definition) is 3. The lowest BCUT2D eigenvalue weighted by molar-refractivity contribution is 0.263. The van der Waals surface area contributed by atoms with Gasteiger partial charge in [-0.2, -0.15) is 0 Å². The molecule has 1 saturated carbocycles. The van der Waals surface area contributed by atoms with Crippen LogP contribution in [-0.4, -0.2) is 15.3 Å². The zero-order chi connectivity index (χ0) is 11.5. The zero-order valence-corrected chi connectivity index (χ0v) is 9.32. The molecule has 0 unspecified atom stereocenters. The van der Waals surface area contributed by atoms with Crippen molar-refractivity contribution >= 4 is 0 Å². The van der Waals surface area contributed by atoms with E-state index in [9.17, 15) is 5.11 Å². The number of rotatable bonds is 3. The molecule has 3 nitrogen and oxygen atoms in total. The molecule has 2 rings (SSSR count). The second-order valence-electron chi connectivity index (χ2n) is 4.49. The molecule has 1 fully saturated rings. The molecule has 0 spiro atoms. The van der Waals surface area contributed by atoms with Crippen LogP contribution in [0.2, 0.25) is 0 Å². The van der Waals surface area contributed by atoms with Gasteiger partial charge in [0.1, 0.15) is 5.75 Å². The van der Waals surface area contributed by atoms with Crippen LogP contribution in [0, 0.1) is 0 Å². The second kappa shape index (κ2) is 4.85. The van der Waals surface area contributed by atoms with Gasteiger partial charge in [0.15, 0.2) is 0 Å². The lowest BCUT2D eigenvalue weighted by Gasteiger charge is -2.14. The summed E-state index contributed by atoms with van der Waals surface area (Å²) >= 11 is 0. The maximum absolute atomic E-state index is 9.74. The van der Waals surface area contributed by atoms with E-state index in [0.717, 1.165) is 5.56 Å². The van der Waals surface area contributed by atoms with Gasteiger partial charge in [-0.15, -0.1) is 0 Å². The van der Waals surface area contributed by atoms with Crippen LogP contribution >= 0.6 is 0 Å². The molecule has 1 aliphatic rings. The van der Waals surface area contributed by atoms with E-state index in [-0.39, 0.29) is 19.0 Å². The van der Waals surface area contributed by atoms with Crippen molar-refractivity contribution in [3.05, 3.63) is 28.8 Å². The Morgan fingerprint density at radius 1 is 1.00 bits per heavy atom. The van der Waals surface area contributed by atoms with E-state index < -0.39 is 0 Å². The monoisotopic (exact) mass is 222 g/mol. The van der Waals surface area contributed by atoms with Gasteiger partial charge in [-0.1, -0.05) is 12.8 Å². The Labute approximate surface area is 95.4 Å². The van der Waals surface area contributed by atoms with Crippen molar-refractivity contribution in [3.8, 4) is 5.75 Å². The summed E-state index contributed by atoms with van der Waals surface area (Å²) in [6.07, 6.45) is 4.82. The van der Waals surface area contributed by atoms with E-state index in [2.05, 4.69) is 0 Å². The predicted molar refractivity (Wildman–Crippen MR) is 61.2 cm³/mol. The van der Waals surface area contributed by atoms with Crippen LogP contribution in [0.15, 0.2) is 12.1 Å². The Kier molecular flexibility index (Phi) is 3.46. The van der Waals surface area contributed by atoms with Crippen molar-refractivity contribution in [1.29, 1.82) is 0 Å². The highest BCUT2D eigenvalue weighted by molar-refractivity contribution is 5.44. The average molecular weight is 222 g/mol. The van der Waals surface area contributed by atoms with E-state index in [1.54, 1.807) is 0 Å². The topological polar surface area (TPSA) is 60.7 Å². The van der Waals surface area contributed by atoms with Crippen LogP contribution in [0.3, 0.4) is 0 Å². The van der Waals surface area contributed by atoms with E-state index in [1.165, 1.54) is 25.7 Å². The number of phenols is 1. The summed E-state index contributed by atoms with van der Waals surface area (Å²) < 4.78 is 0. The third kappa shape index (κ3) is 2.06. The van der Waals surface area contributed by atoms with Crippen molar-refractivity contribution in [2.45, 2.75) is 44.8 Å². The number of benzene rings is 1. The van der Waals surface area contributed by atoms with Gasteiger partial charge in [0.05, 0.1) is 13.2 Å². The fourth-order valence-corrected chi connectivity index (χ4v) is 2.52. The first kappa shape index (κ1) is 11.4. The van der Waals surface area contributed by atoms with Crippen molar-refractivity contribution in [3.63, 3.8) is 0 Å². The Hall–Kier alpha value is -1.06. The largest absolute Gasteiger partial charge is 0.507 e. The molecule has 0 saturated heterocycles. The zero-order valence-electron chi connectivity index (χ0n) is 9.32. The van der Waals surface area contributed by atoms with Crippen LogP contribution in [0.25, 0.3) is 0 Å². The summed E-state index contributed by atoms with van der Waals surface area (Å²) in [7, 11) is 0. The molecule has 88 valence electrons. The fraction of sp³-hybridized carbons (Fsp3) is 0.538. The van der Waals surface area contributed by atoms with Gasteiger partial charge in [-0.25, -0.2) is 0 Å². The molecule has 0 bridgehead atoms. The van der Waals surface area contributed by atoms with Gasteiger partial charge < -0.3 is 15.3 Å². The minimum absolute atomic E-state index is 0.0340. The van der Waals surface area contributed by atoms with E-state index in [0.29, 0.717) is 17.0 Å². The maximum Gasteiger partial charge on any atom is 0.126 e. The lowest BCUT2D eigenvalue weighted by Crippen LogP contribution is -1.99. The first-order valence-corrected chi connectivity index (χ1v) is 5.82. The van der Waals surface area contributed by atoms with Crippen molar-refractivity contribution in [1.82, 2.24) is 0 Å². The van der Waals surface area contributed by atoms with Crippen LogP contribution in [0.4, 0.5) is 0 Å². The van der Waals surface area contributed by atoms with Crippen molar-refractivity contribution < 1.29 is 15.3 Å². The quantitative estimate of drug-likeness (QED) is 0.733. The molecule has 1 aromatic carbocycles. The Balaban J connectivity index is 2.37. The Morgan fingerprint density at radius 2 is 1.50 bits per heavy atom. The van der Waals surface area contributed by atoms with Gasteiger partial charge in [-0.05, 0) is 36.5 Å². The summed E-state index contributed by atoms with van der Waals surface area (Å²) in [6.45, 7) is -0.362. The van der Waals surface area contributed by atoms with Gasteiger partial charge in [0.2, 0.25) is 0 Å². The molecule has 0 radical (unpaired) electrons. The molecule has 0 aromatic heterocycles. The third-order valence-corrected chi connectivity index (χ3v) is 3.46. The Bertz CT molecular complexity index is 342. The summed E-state index contributed by atoms with van der Waals surface area (Å²) in [5.74, 6) is 0.558. The molecule has 1 aliphatic carbocycles. The summed E-state index contributed by atoms with van der Waals surface area (Å²) in [6, 6.07) is 3.73. The van der Waals surface area contributed by atoms with E-state index in [1.807, 2.05) is 12.1 Å². The fourth-order valence-electron chi connectivity index (χ4n) is 2.52. The molecule has 0 atom stereocenters. The molecule has 0 aliphatic heterocycles. The normalized spacial score (nSPS) is 16.9. The average Bonchev–Trinajstić information content (AvgIpc) is 2.83. The molecular formula is C13H18O3. The smallest absolute Gasteiger partial charge is 0.126 e. The van der Waals surface area contributed by atoms with E-state index in [4.69, 9.17) is 10.2 Å². The number of hydrogen-bond donors (Lipinski definition) is 3. The molecule has 3 N–H and O–H groups in total. The van der Waals surface area contributed by atoms with E-state index >= 15 is 0 Å². The molecule has 0 amide bonds. The minimum Gasteiger partial charge on any atom is -0.507 e. The molecule has 3 heteroatoms. The summed E-state index contributed by atoms with van der Waals surface area (Å²) in [4.78, 5) is 0. The predicted octanol–water partition coefficient (Wildman–Crippen LogP) is 2.03. The number of aromatic hydroxyl groups is 1. The highest BCUT2D eigenvalue weighted by Crippen LogP contribution is 2.37. The Morgan fingerprint density at radius 3 is 1.94 bits per heavy atom. The summed E-state index contributed by atoms with van der Waals surface area (Å²) in [5, 5.41) is 28.1. The van der Waals surface area contributed by atoms with Crippen LogP contribution in [-0.2, 0) is 13.2 Å². The molecule has 16 heavy (non-hydrogen) atoms. The molecule has 0 heterocycles. The first-order valence-electron chi connectivity index (χ1n) is 5.82. The molecule has 1 aromatic rings. The number of aliphatic hydroxyl groups is 2. The van der Waals surface area contributed by atoms with Crippen LogP contribution in [0.5, 0.6) is 5.75 Å². The standard InChI is InChI=1S/C13H18O3/c14-7-11-5-10(9-3-1-2-4-9)6-12(8-15)13(11)16/h5-6,9,14-16H,1-4,7-8H2. The van der Waals surface area contributed by atoms with Crippen molar-refractivity contribution in [2.24, 2.45) is 0 Å². The van der Waals surface area contributed by atoms with Crippen LogP contribution < -0.4 is 0 Å². The van der Waals surface area contributed by atoms with Gasteiger partial charge >= 0.3 is 0 Å². The van der Waals surface area contributed by atoms with Crippen molar-refractivity contribution in [2.75, 3.05) is 0 Å². The lowest BCUT2D eigenvalue weighted by atomic mass is 9.93. The van der Waals surface area contributed by atoms with Gasteiger partial charge in [0.25, 0.3) is 0 Å². The first-order chi connectivity index (χ1) is 7.76.